The minimum absolute atomic E-state index is 0.0240. The van der Waals surface area contributed by atoms with E-state index < -0.39 is 15.9 Å². The van der Waals surface area contributed by atoms with Gasteiger partial charge in [-0.3, -0.25) is 9.59 Å². The Labute approximate surface area is 171 Å². The molecular formula is C21H25N3O4S. The van der Waals surface area contributed by atoms with Crippen LogP contribution in [-0.2, 0) is 14.8 Å². The molecule has 0 bridgehead atoms. The molecule has 1 heterocycles. The Morgan fingerprint density at radius 3 is 2.24 bits per heavy atom. The van der Waals surface area contributed by atoms with Crippen LogP contribution in [0.25, 0.3) is 0 Å². The van der Waals surface area contributed by atoms with Crippen LogP contribution < -0.4 is 11.1 Å². The third-order valence-electron chi connectivity index (χ3n) is 5.25. The van der Waals surface area contributed by atoms with Gasteiger partial charge in [0, 0.05) is 19.0 Å². The standard InChI is InChI=1S/C21H25N3O4S/c1-15(16-7-3-2-4-8-16)23-21(26)17-11-13-24(14-12-17)29(27,28)19-10-6-5-9-18(19)20(22)25/h2-10,15,17H,11-14H2,1H3,(H2,22,25)(H,23,26)/t15-/m0/s1. The lowest BCUT2D eigenvalue weighted by Gasteiger charge is -2.31. The number of benzene rings is 2. The van der Waals surface area contributed by atoms with E-state index in [9.17, 15) is 18.0 Å². The molecule has 1 saturated heterocycles. The molecule has 1 atom stereocenters. The first-order chi connectivity index (χ1) is 13.8. The fraction of sp³-hybridized carbons (Fsp3) is 0.333. The van der Waals surface area contributed by atoms with E-state index in [2.05, 4.69) is 5.32 Å². The molecule has 0 unspecified atom stereocenters. The minimum atomic E-state index is -3.85. The summed E-state index contributed by atoms with van der Waals surface area (Å²) >= 11 is 0. The van der Waals surface area contributed by atoms with E-state index >= 15 is 0 Å². The summed E-state index contributed by atoms with van der Waals surface area (Å²) in [5, 5.41) is 3.01. The van der Waals surface area contributed by atoms with Crippen LogP contribution in [-0.4, -0.2) is 37.6 Å². The van der Waals surface area contributed by atoms with Gasteiger partial charge in [-0.2, -0.15) is 4.31 Å². The Morgan fingerprint density at radius 1 is 1.03 bits per heavy atom. The second-order valence-corrected chi connectivity index (χ2v) is 9.09. The predicted octanol–water partition coefficient (Wildman–Crippen LogP) is 2.06. The summed E-state index contributed by atoms with van der Waals surface area (Å²) in [7, 11) is -3.85. The van der Waals surface area contributed by atoms with E-state index in [1.165, 1.54) is 16.4 Å². The van der Waals surface area contributed by atoms with Crippen molar-refractivity contribution in [3.05, 3.63) is 65.7 Å². The van der Waals surface area contributed by atoms with Crippen LogP contribution in [0.1, 0.15) is 41.7 Å². The first-order valence-electron chi connectivity index (χ1n) is 9.55. The molecule has 2 amide bonds. The first kappa shape index (κ1) is 21.0. The fourth-order valence-electron chi connectivity index (χ4n) is 3.55. The van der Waals surface area contributed by atoms with Gasteiger partial charge in [0.05, 0.1) is 16.5 Å². The summed E-state index contributed by atoms with van der Waals surface area (Å²) in [6, 6.07) is 15.5. The molecule has 1 aliphatic rings. The van der Waals surface area contributed by atoms with Gasteiger partial charge >= 0.3 is 0 Å². The quantitative estimate of drug-likeness (QED) is 0.752. The third-order valence-corrected chi connectivity index (χ3v) is 7.21. The molecular weight excluding hydrogens is 390 g/mol. The van der Waals surface area contributed by atoms with Gasteiger partial charge in [-0.15, -0.1) is 0 Å². The molecule has 2 aromatic rings. The number of sulfonamides is 1. The van der Waals surface area contributed by atoms with Crippen LogP contribution in [0.15, 0.2) is 59.5 Å². The Kier molecular flexibility index (Phi) is 6.34. The van der Waals surface area contributed by atoms with Gasteiger partial charge in [0.1, 0.15) is 0 Å². The molecule has 0 aromatic heterocycles. The van der Waals surface area contributed by atoms with Crippen LogP contribution in [0.2, 0.25) is 0 Å². The van der Waals surface area contributed by atoms with Crippen molar-refractivity contribution in [1.82, 2.24) is 9.62 Å². The number of carbonyl (C=O) groups is 2. The zero-order valence-corrected chi connectivity index (χ0v) is 17.1. The highest BCUT2D eigenvalue weighted by molar-refractivity contribution is 7.89. The van der Waals surface area contributed by atoms with E-state index in [-0.39, 0.29) is 41.4 Å². The van der Waals surface area contributed by atoms with Crippen molar-refractivity contribution >= 4 is 21.8 Å². The number of nitrogens with zero attached hydrogens (tertiary/aromatic N) is 1. The van der Waals surface area contributed by atoms with E-state index in [1.54, 1.807) is 12.1 Å². The molecule has 7 nitrogen and oxygen atoms in total. The van der Waals surface area contributed by atoms with Crippen molar-refractivity contribution in [2.24, 2.45) is 11.7 Å². The summed E-state index contributed by atoms with van der Waals surface area (Å²) < 4.78 is 27.3. The summed E-state index contributed by atoms with van der Waals surface area (Å²) in [4.78, 5) is 24.1. The first-order valence-corrected chi connectivity index (χ1v) is 11.0. The largest absolute Gasteiger partial charge is 0.366 e. The molecule has 0 radical (unpaired) electrons. The molecule has 3 rings (SSSR count). The lowest BCUT2D eigenvalue weighted by atomic mass is 9.96. The van der Waals surface area contributed by atoms with E-state index in [1.807, 2.05) is 37.3 Å². The van der Waals surface area contributed by atoms with Crippen LogP contribution in [0, 0.1) is 5.92 Å². The normalized spacial score (nSPS) is 16.9. The van der Waals surface area contributed by atoms with Crippen molar-refractivity contribution < 1.29 is 18.0 Å². The zero-order chi connectivity index (χ0) is 21.0. The number of amides is 2. The van der Waals surface area contributed by atoms with Gasteiger partial charge in [0.15, 0.2) is 0 Å². The highest BCUT2D eigenvalue weighted by Gasteiger charge is 2.34. The smallest absolute Gasteiger partial charge is 0.250 e. The highest BCUT2D eigenvalue weighted by atomic mass is 32.2. The number of hydrogen-bond donors (Lipinski definition) is 2. The molecule has 0 saturated carbocycles. The Balaban J connectivity index is 1.64. The average Bonchev–Trinajstić information content (AvgIpc) is 2.74. The maximum absolute atomic E-state index is 13.0. The third kappa shape index (κ3) is 4.65. The van der Waals surface area contributed by atoms with Crippen LogP contribution >= 0.6 is 0 Å². The summed E-state index contributed by atoms with van der Waals surface area (Å²) in [6.07, 6.45) is 0.844. The number of primary amides is 1. The monoisotopic (exact) mass is 415 g/mol. The number of rotatable bonds is 6. The molecule has 0 spiro atoms. The van der Waals surface area contributed by atoms with E-state index in [0.717, 1.165) is 5.56 Å². The Hall–Kier alpha value is -2.71. The summed E-state index contributed by atoms with van der Waals surface area (Å²) in [5.41, 5.74) is 6.32. The molecule has 0 aliphatic carbocycles. The average molecular weight is 416 g/mol. The molecule has 3 N–H and O–H groups in total. The number of carbonyl (C=O) groups excluding carboxylic acids is 2. The zero-order valence-electron chi connectivity index (χ0n) is 16.2. The molecule has 154 valence electrons. The maximum Gasteiger partial charge on any atom is 0.250 e. The molecule has 1 aliphatic heterocycles. The maximum atomic E-state index is 13.0. The number of nitrogens with two attached hydrogens (primary N) is 1. The van der Waals surface area contributed by atoms with Crippen molar-refractivity contribution in [2.75, 3.05) is 13.1 Å². The number of piperidine rings is 1. The van der Waals surface area contributed by atoms with Crippen molar-refractivity contribution in [3.63, 3.8) is 0 Å². The lowest BCUT2D eigenvalue weighted by molar-refractivity contribution is -0.126. The van der Waals surface area contributed by atoms with E-state index in [4.69, 9.17) is 5.73 Å². The van der Waals surface area contributed by atoms with Gasteiger partial charge < -0.3 is 11.1 Å². The van der Waals surface area contributed by atoms with Gasteiger partial charge in [0.25, 0.3) is 0 Å². The van der Waals surface area contributed by atoms with Crippen molar-refractivity contribution in [2.45, 2.75) is 30.7 Å². The van der Waals surface area contributed by atoms with Gasteiger partial charge in [-0.25, -0.2) is 8.42 Å². The summed E-state index contributed by atoms with van der Waals surface area (Å²) in [6.45, 7) is 2.36. The van der Waals surface area contributed by atoms with Gasteiger partial charge in [0.2, 0.25) is 21.8 Å². The molecule has 2 aromatic carbocycles. The predicted molar refractivity (Wildman–Crippen MR) is 109 cm³/mol. The van der Waals surface area contributed by atoms with Gasteiger partial charge in [-0.1, -0.05) is 42.5 Å². The second-order valence-electron chi connectivity index (χ2n) is 7.18. The SMILES string of the molecule is C[C@H](NC(=O)C1CCN(S(=O)(=O)c2ccccc2C(N)=O)CC1)c1ccccc1. The van der Waals surface area contributed by atoms with Gasteiger partial charge in [-0.05, 0) is 37.5 Å². The lowest BCUT2D eigenvalue weighted by Crippen LogP contribution is -2.43. The molecule has 8 heteroatoms. The second kappa shape index (κ2) is 8.75. The van der Waals surface area contributed by atoms with Crippen LogP contribution in [0.5, 0.6) is 0 Å². The van der Waals surface area contributed by atoms with Crippen LogP contribution in [0.3, 0.4) is 0 Å². The number of hydrogen-bond acceptors (Lipinski definition) is 4. The Bertz CT molecular complexity index is 984. The van der Waals surface area contributed by atoms with Crippen molar-refractivity contribution in [3.8, 4) is 0 Å². The van der Waals surface area contributed by atoms with Crippen molar-refractivity contribution in [1.29, 1.82) is 0 Å². The Morgan fingerprint density at radius 2 is 1.62 bits per heavy atom. The fourth-order valence-corrected chi connectivity index (χ4v) is 5.22. The topological polar surface area (TPSA) is 110 Å². The van der Waals surface area contributed by atoms with E-state index in [0.29, 0.717) is 12.8 Å². The summed E-state index contributed by atoms with van der Waals surface area (Å²) in [5.74, 6) is -1.11. The highest BCUT2D eigenvalue weighted by Crippen LogP contribution is 2.26. The van der Waals surface area contributed by atoms with Crippen LogP contribution in [0.4, 0.5) is 0 Å². The minimum Gasteiger partial charge on any atom is -0.366 e. The number of nitrogens with one attached hydrogen (secondary N) is 1. The molecule has 1 fully saturated rings. The molecule has 29 heavy (non-hydrogen) atoms.